The predicted octanol–water partition coefficient (Wildman–Crippen LogP) is 7.85. The van der Waals surface area contributed by atoms with E-state index >= 15 is 0 Å². The Morgan fingerprint density at radius 1 is 0.478 bits per heavy atom. The lowest BCUT2D eigenvalue weighted by Gasteiger charge is -2.15. The highest BCUT2D eigenvalue weighted by Crippen LogP contribution is 2.38. The first kappa shape index (κ1) is 23.4. The average molecular weight is 347 g/mol. The molecule has 0 aliphatic rings. The van der Waals surface area contributed by atoms with Crippen molar-refractivity contribution < 1.29 is 9.05 Å². The monoisotopic (exact) mass is 346 g/mol. The van der Waals surface area contributed by atoms with Gasteiger partial charge in [0, 0.05) is 6.16 Å². The van der Waals surface area contributed by atoms with Crippen molar-refractivity contribution in [1.29, 1.82) is 0 Å². The van der Waals surface area contributed by atoms with Crippen molar-refractivity contribution in [2.24, 2.45) is 0 Å². The van der Waals surface area contributed by atoms with Crippen LogP contribution in [0, 0.1) is 0 Å². The Balaban J connectivity index is 3.29. The van der Waals surface area contributed by atoms with Gasteiger partial charge in [-0.1, -0.05) is 97.8 Å². The highest BCUT2D eigenvalue weighted by atomic mass is 31.2. The topological polar surface area (TPSA) is 18.5 Å². The first-order chi connectivity index (χ1) is 11.3. The second kappa shape index (κ2) is 20.4. The van der Waals surface area contributed by atoms with Gasteiger partial charge in [-0.05, 0) is 12.8 Å². The van der Waals surface area contributed by atoms with Crippen LogP contribution in [0.3, 0.4) is 0 Å². The third-order valence-electron chi connectivity index (χ3n) is 4.22. The molecule has 0 rings (SSSR count). The SMILES string of the molecule is CCCCCCCCCOP(CC)OCCCCCCCCC. The van der Waals surface area contributed by atoms with Crippen molar-refractivity contribution in [1.82, 2.24) is 0 Å². The van der Waals surface area contributed by atoms with E-state index in [9.17, 15) is 0 Å². The van der Waals surface area contributed by atoms with Crippen molar-refractivity contribution in [3.05, 3.63) is 0 Å². The number of hydrogen-bond acceptors (Lipinski definition) is 2. The maximum Gasteiger partial charge on any atom is 0.170 e. The maximum atomic E-state index is 5.92. The summed E-state index contributed by atoms with van der Waals surface area (Å²) >= 11 is 0. The minimum atomic E-state index is -0.619. The van der Waals surface area contributed by atoms with Crippen LogP contribution in [-0.4, -0.2) is 19.4 Å². The molecule has 0 saturated heterocycles. The molecule has 0 atom stereocenters. The van der Waals surface area contributed by atoms with E-state index < -0.39 is 8.38 Å². The van der Waals surface area contributed by atoms with E-state index in [1.54, 1.807) is 0 Å². The molecular weight excluding hydrogens is 303 g/mol. The van der Waals surface area contributed by atoms with Crippen LogP contribution in [-0.2, 0) is 9.05 Å². The Kier molecular flexibility index (Phi) is 20.7. The van der Waals surface area contributed by atoms with Crippen molar-refractivity contribution in [2.45, 2.75) is 111 Å². The molecule has 0 fully saturated rings. The molecule has 0 aliphatic carbocycles. The third kappa shape index (κ3) is 18.5. The fourth-order valence-corrected chi connectivity index (χ4v) is 3.78. The van der Waals surface area contributed by atoms with Gasteiger partial charge in [0.2, 0.25) is 0 Å². The van der Waals surface area contributed by atoms with Gasteiger partial charge in [0.25, 0.3) is 0 Å². The van der Waals surface area contributed by atoms with Gasteiger partial charge >= 0.3 is 0 Å². The van der Waals surface area contributed by atoms with E-state index in [1.807, 2.05) is 0 Å². The van der Waals surface area contributed by atoms with Gasteiger partial charge in [-0.2, -0.15) is 0 Å². The highest BCUT2D eigenvalue weighted by molar-refractivity contribution is 7.47. The Bertz CT molecular complexity index is 192. The summed E-state index contributed by atoms with van der Waals surface area (Å²) in [5.74, 6) is 0. The predicted molar refractivity (Wildman–Crippen MR) is 105 cm³/mol. The van der Waals surface area contributed by atoms with Gasteiger partial charge < -0.3 is 9.05 Å². The molecule has 0 saturated carbocycles. The standard InChI is InChI=1S/C20H43O2P/c1-4-7-9-11-13-15-17-19-21-23(6-3)22-20-18-16-14-12-10-8-5-2/h4-20H2,1-3H3. The zero-order chi connectivity index (χ0) is 17.0. The molecule has 23 heavy (non-hydrogen) atoms. The fraction of sp³-hybridized carbons (Fsp3) is 1.00. The molecule has 0 aromatic rings. The van der Waals surface area contributed by atoms with Crippen LogP contribution in [0.25, 0.3) is 0 Å². The van der Waals surface area contributed by atoms with Crippen LogP contribution >= 0.6 is 8.38 Å². The number of unbranched alkanes of at least 4 members (excludes halogenated alkanes) is 12. The molecule has 0 aromatic carbocycles. The summed E-state index contributed by atoms with van der Waals surface area (Å²) in [7, 11) is -0.619. The van der Waals surface area contributed by atoms with Crippen LogP contribution < -0.4 is 0 Å². The van der Waals surface area contributed by atoms with Gasteiger partial charge in [-0.15, -0.1) is 0 Å². The van der Waals surface area contributed by atoms with Crippen LogP contribution in [0.2, 0.25) is 0 Å². The summed E-state index contributed by atoms with van der Waals surface area (Å²) in [5, 5.41) is 0. The van der Waals surface area contributed by atoms with Crippen molar-refractivity contribution in [3.8, 4) is 0 Å². The first-order valence-corrected chi connectivity index (χ1v) is 11.7. The van der Waals surface area contributed by atoms with E-state index in [0.29, 0.717) is 0 Å². The summed E-state index contributed by atoms with van der Waals surface area (Å²) in [6.07, 6.45) is 19.8. The van der Waals surface area contributed by atoms with E-state index in [4.69, 9.17) is 9.05 Å². The Morgan fingerprint density at radius 2 is 0.826 bits per heavy atom. The average Bonchev–Trinajstić information content (AvgIpc) is 2.57. The van der Waals surface area contributed by atoms with Crippen LogP contribution in [0.5, 0.6) is 0 Å². The summed E-state index contributed by atoms with van der Waals surface area (Å²) in [6.45, 7) is 8.51. The molecule has 3 heteroatoms. The summed E-state index contributed by atoms with van der Waals surface area (Å²) in [4.78, 5) is 0. The van der Waals surface area contributed by atoms with Gasteiger partial charge in [-0.25, -0.2) is 0 Å². The molecule has 0 aromatic heterocycles. The van der Waals surface area contributed by atoms with Crippen molar-refractivity contribution in [3.63, 3.8) is 0 Å². The van der Waals surface area contributed by atoms with Gasteiger partial charge in [-0.3, -0.25) is 0 Å². The molecule has 0 aliphatic heterocycles. The van der Waals surface area contributed by atoms with E-state index in [2.05, 4.69) is 20.8 Å². The summed E-state index contributed by atoms with van der Waals surface area (Å²) in [5.41, 5.74) is 0. The minimum absolute atomic E-state index is 0.619. The quantitative estimate of drug-likeness (QED) is 0.175. The lowest BCUT2D eigenvalue weighted by molar-refractivity contribution is 0.240. The Morgan fingerprint density at radius 3 is 1.17 bits per heavy atom. The van der Waals surface area contributed by atoms with E-state index in [-0.39, 0.29) is 0 Å². The van der Waals surface area contributed by atoms with Gasteiger partial charge in [0.1, 0.15) is 0 Å². The fourth-order valence-electron chi connectivity index (χ4n) is 2.67. The normalized spacial score (nSPS) is 11.5. The number of hydrogen-bond donors (Lipinski definition) is 0. The molecule has 0 spiro atoms. The second-order valence-corrected chi connectivity index (χ2v) is 8.37. The molecule has 0 unspecified atom stereocenters. The molecule has 2 nitrogen and oxygen atoms in total. The van der Waals surface area contributed by atoms with Crippen molar-refractivity contribution >= 4 is 8.38 Å². The molecule has 0 heterocycles. The van der Waals surface area contributed by atoms with Crippen LogP contribution in [0.1, 0.15) is 111 Å². The zero-order valence-corrected chi connectivity index (χ0v) is 17.2. The lowest BCUT2D eigenvalue weighted by atomic mass is 10.1. The molecular formula is C20H43O2P. The van der Waals surface area contributed by atoms with Gasteiger partial charge in [0.15, 0.2) is 8.38 Å². The summed E-state index contributed by atoms with van der Waals surface area (Å²) in [6, 6.07) is 0. The highest BCUT2D eigenvalue weighted by Gasteiger charge is 2.07. The van der Waals surface area contributed by atoms with E-state index in [1.165, 1.54) is 89.9 Å². The summed E-state index contributed by atoms with van der Waals surface area (Å²) < 4.78 is 11.8. The molecule has 0 bridgehead atoms. The first-order valence-electron chi connectivity index (χ1n) is 10.4. The minimum Gasteiger partial charge on any atom is -0.334 e. The number of rotatable bonds is 19. The molecule has 0 radical (unpaired) electrons. The lowest BCUT2D eigenvalue weighted by Crippen LogP contribution is -1.97. The largest absolute Gasteiger partial charge is 0.334 e. The molecule has 140 valence electrons. The van der Waals surface area contributed by atoms with E-state index in [0.717, 1.165) is 19.4 Å². The van der Waals surface area contributed by atoms with Crippen LogP contribution in [0.4, 0.5) is 0 Å². The molecule has 0 N–H and O–H groups in total. The second-order valence-electron chi connectivity index (χ2n) is 6.56. The van der Waals surface area contributed by atoms with Crippen molar-refractivity contribution in [2.75, 3.05) is 19.4 Å². The Hall–Kier alpha value is 0.350. The Labute approximate surface area is 148 Å². The zero-order valence-electron chi connectivity index (χ0n) is 16.3. The maximum absolute atomic E-state index is 5.92. The van der Waals surface area contributed by atoms with Crippen LogP contribution in [0.15, 0.2) is 0 Å². The third-order valence-corrected chi connectivity index (χ3v) is 5.68. The smallest absolute Gasteiger partial charge is 0.170 e. The molecule has 0 amide bonds. The van der Waals surface area contributed by atoms with Gasteiger partial charge in [0.05, 0.1) is 13.2 Å².